The minimum Gasteiger partial charge on any atom is -0.456 e. The number of rotatable bonds is 4. The molecule has 3 aromatic carbocycles. The van der Waals surface area contributed by atoms with Gasteiger partial charge in [0.25, 0.3) is 0 Å². The van der Waals surface area contributed by atoms with Crippen molar-refractivity contribution in [3.05, 3.63) is 70.8 Å². The lowest BCUT2D eigenvalue weighted by molar-refractivity contribution is -0.385. The molecule has 0 fully saturated rings. The van der Waals surface area contributed by atoms with Gasteiger partial charge in [-0.1, -0.05) is 18.2 Å². The first-order chi connectivity index (χ1) is 12.8. The summed E-state index contributed by atoms with van der Waals surface area (Å²) in [5.74, 6) is 0.337. The summed E-state index contributed by atoms with van der Waals surface area (Å²) in [7, 11) is -3.57. The van der Waals surface area contributed by atoms with Crippen molar-refractivity contribution in [2.24, 2.45) is 0 Å². The van der Waals surface area contributed by atoms with Crippen molar-refractivity contribution in [2.75, 3.05) is 6.26 Å². The van der Waals surface area contributed by atoms with Crippen LogP contribution in [-0.4, -0.2) is 19.6 Å². The van der Waals surface area contributed by atoms with Crippen LogP contribution in [0.15, 0.2) is 70.0 Å². The van der Waals surface area contributed by atoms with Gasteiger partial charge in [-0.3, -0.25) is 10.1 Å². The maximum Gasteiger partial charge on any atom is 0.312 e. The molecular weight excluding hydrogens is 370 g/mol. The highest BCUT2D eigenvalue weighted by molar-refractivity contribution is 7.90. The zero-order valence-electron chi connectivity index (χ0n) is 14.1. The maximum atomic E-state index is 11.6. The second kappa shape index (κ2) is 6.10. The first-order valence-corrected chi connectivity index (χ1v) is 9.80. The molecule has 8 heteroatoms. The minimum absolute atomic E-state index is 0.0421. The molecule has 0 saturated carbocycles. The number of fused-ring (bicyclic) bond motifs is 3. The zero-order valence-corrected chi connectivity index (χ0v) is 14.9. The molecule has 4 aromatic rings. The van der Waals surface area contributed by atoms with E-state index in [0.717, 1.165) is 28.7 Å². The van der Waals surface area contributed by atoms with Gasteiger partial charge in [0, 0.05) is 23.1 Å². The van der Waals surface area contributed by atoms with Crippen LogP contribution in [0.5, 0.6) is 11.5 Å². The van der Waals surface area contributed by atoms with Gasteiger partial charge >= 0.3 is 5.69 Å². The third-order valence-electron chi connectivity index (χ3n) is 4.13. The Morgan fingerprint density at radius 2 is 1.70 bits per heavy atom. The summed E-state index contributed by atoms with van der Waals surface area (Å²) in [4.78, 5) is 10.5. The number of sulfone groups is 1. The molecule has 0 N–H and O–H groups in total. The first kappa shape index (κ1) is 17.0. The first-order valence-electron chi connectivity index (χ1n) is 7.90. The lowest BCUT2D eigenvalue weighted by Gasteiger charge is -2.07. The van der Waals surface area contributed by atoms with Crippen molar-refractivity contribution in [1.82, 2.24) is 0 Å². The number of furan rings is 1. The van der Waals surface area contributed by atoms with Crippen molar-refractivity contribution >= 4 is 37.5 Å². The van der Waals surface area contributed by atoms with Gasteiger partial charge in [-0.25, -0.2) is 8.42 Å². The molecule has 7 nitrogen and oxygen atoms in total. The van der Waals surface area contributed by atoms with Gasteiger partial charge in [-0.15, -0.1) is 0 Å². The van der Waals surface area contributed by atoms with Crippen LogP contribution in [-0.2, 0) is 9.84 Å². The van der Waals surface area contributed by atoms with E-state index in [4.69, 9.17) is 9.15 Å². The molecular formula is C19H13NO6S. The zero-order chi connectivity index (χ0) is 19.2. The normalized spacial score (nSPS) is 11.7. The SMILES string of the molecule is CS(=O)(=O)c1ccc(Oc2ccc3oc4ccccc4c3c2)c([N+](=O)[O-])c1. The van der Waals surface area contributed by atoms with Crippen LogP contribution in [0.1, 0.15) is 0 Å². The van der Waals surface area contributed by atoms with E-state index in [1.54, 1.807) is 18.2 Å². The van der Waals surface area contributed by atoms with E-state index in [0.29, 0.717) is 11.3 Å². The fourth-order valence-electron chi connectivity index (χ4n) is 2.85. The molecule has 0 aliphatic heterocycles. The largest absolute Gasteiger partial charge is 0.456 e. The second-order valence-corrected chi connectivity index (χ2v) is 8.03. The number of nitro groups is 1. The Hall–Kier alpha value is -3.39. The predicted octanol–water partition coefficient (Wildman–Crippen LogP) is 4.69. The molecule has 0 aliphatic carbocycles. The van der Waals surface area contributed by atoms with E-state index in [1.165, 1.54) is 12.1 Å². The van der Waals surface area contributed by atoms with Crippen molar-refractivity contribution in [3.63, 3.8) is 0 Å². The number of ether oxygens (including phenoxy) is 1. The van der Waals surface area contributed by atoms with Gasteiger partial charge in [-0.2, -0.15) is 0 Å². The monoisotopic (exact) mass is 383 g/mol. The number of nitro benzene ring substituents is 1. The lowest BCUT2D eigenvalue weighted by Crippen LogP contribution is -2.00. The van der Waals surface area contributed by atoms with Crippen molar-refractivity contribution in [3.8, 4) is 11.5 Å². The predicted molar refractivity (Wildman–Crippen MR) is 100 cm³/mol. The fourth-order valence-corrected chi connectivity index (χ4v) is 3.49. The van der Waals surface area contributed by atoms with E-state index in [1.807, 2.05) is 24.3 Å². The molecule has 0 spiro atoms. The van der Waals surface area contributed by atoms with Gasteiger partial charge in [-0.05, 0) is 36.4 Å². The standard InChI is InChI=1S/C19H13NO6S/c1-27(23,24)13-7-9-19(16(11-13)20(21)22)25-12-6-8-18-15(10-12)14-4-2-3-5-17(14)26-18/h2-11H,1H3. The molecule has 0 unspecified atom stereocenters. The average molecular weight is 383 g/mol. The number of para-hydroxylation sites is 1. The second-order valence-electron chi connectivity index (χ2n) is 6.02. The molecule has 0 radical (unpaired) electrons. The Labute approximate surface area is 153 Å². The molecule has 27 heavy (non-hydrogen) atoms. The maximum absolute atomic E-state index is 11.6. The Kier molecular flexibility index (Phi) is 3.85. The van der Waals surface area contributed by atoms with Crippen molar-refractivity contribution in [1.29, 1.82) is 0 Å². The molecule has 0 aliphatic rings. The van der Waals surface area contributed by atoms with E-state index in [2.05, 4.69) is 0 Å². The topological polar surface area (TPSA) is 99.7 Å². The summed E-state index contributed by atoms with van der Waals surface area (Å²) in [6.45, 7) is 0. The van der Waals surface area contributed by atoms with E-state index < -0.39 is 20.4 Å². The molecule has 1 aromatic heterocycles. The van der Waals surface area contributed by atoms with Crippen LogP contribution in [0, 0.1) is 10.1 Å². The van der Waals surface area contributed by atoms with E-state index in [9.17, 15) is 18.5 Å². The van der Waals surface area contributed by atoms with Crippen LogP contribution in [0.2, 0.25) is 0 Å². The van der Waals surface area contributed by atoms with Crippen LogP contribution in [0.3, 0.4) is 0 Å². The van der Waals surface area contributed by atoms with E-state index >= 15 is 0 Å². The number of benzene rings is 3. The number of nitrogens with zero attached hydrogens (tertiary/aromatic N) is 1. The van der Waals surface area contributed by atoms with Crippen molar-refractivity contribution in [2.45, 2.75) is 4.90 Å². The van der Waals surface area contributed by atoms with Gasteiger partial charge in [0.05, 0.1) is 9.82 Å². The highest BCUT2D eigenvalue weighted by atomic mass is 32.2. The Morgan fingerprint density at radius 1 is 0.963 bits per heavy atom. The Morgan fingerprint density at radius 3 is 2.44 bits per heavy atom. The van der Waals surface area contributed by atoms with E-state index in [-0.39, 0.29) is 10.6 Å². The molecule has 4 rings (SSSR count). The molecule has 0 bridgehead atoms. The third kappa shape index (κ3) is 3.11. The smallest absolute Gasteiger partial charge is 0.312 e. The van der Waals surface area contributed by atoms with Gasteiger partial charge in [0.1, 0.15) is 16.9 Å². The fraction of sp³-hybridized carbons (Fsp3) is 0.0526. The van der Waals surface area contributed by atoms with Gasteiger partial charge < -0.3 is 9.15 Å². The molecule has 0 saturated heterocycles. The molecule has 0 atom stereocenters. The van der Waals surface area contributed by atoms with Crippen LogP contribution >= 0.6 is 0 Å². The molecule has 0 amide bonds. The van der Waals surface area contributed by atoms with Crippen molar-refractivity contribution < 1.29 is 22.5 Å². The van der Waals surface area contributed by atoms with Crippen LogP contribution in [0.4, 0.5) is 5.69 Å². The summed E-state index contributed by atoms with van der Waals surface area (Å²) < 4.78 is 34.7. The highest BCUT2D eigenvalue weighted by Gasteiger charge is 2.20. The summed E-state index contributed by atoms with van der Waals surface area (Å²) >= 11 is 0. The molecule has 1 heterocycles. The highest BCUT2D eigenvalue weighted by Crippen LogP contribution is 2.36. The Balaban J connectivity index is 1.79. The van der Waals surface area contributed by atoms with Gasteiger partial charge in [0.15, 0.2) is 9.84 Å². The third-order valence-corrected chi connectivity index (χ3v) is 5.24. The quantitative estimate of drug-likeness (QED) is 0.374. The van der Waals surface area contributed by atoms with Gasteiger partial charge in [0.2, 0.25) is 5.75 Å². The summed E-state index contributed by atoms with van der Waals surface area (Å²) in [6.07, 6.45) is 0.991. The average Bonchev–Trinajstić information content (AvgIpc) is 2.99. The number of hydrogen-bond acceptors (Lipinski definition) is 6. The summed E-state index contributed by atoms with van der Waals surface area (Å²) in [6, 6.07) is 16.2. The van der Waals surface area contributed by atoms with Crippen LogP contribution < -0.4 is 4.74 Å². The summed E-state index contributed by atoms with van der Waals surface area (Å²) in [5.41, 5.74) is 0.980. The Bertz CT molecular complexity index is 1310. The van der Waals surface area contributed by atoms with Crippen LogP contribution in [0.25, 0.3) is 21.9 Å². The minimum atomic E-state index is -3.57. The lowest BCUT2D eigenvalue weighted by atomic mass is 10.1. The number of hydrogen-bond donors (Lipinski definition) is 0. The molecule has 136 valence electrons. The summed E-state index contributed by atoms with van der Waals surface area (Å²) in [5, 5.41) is 13.1.